The molecule has 14 heavy (non-hydrogen) atoms. The van der Waals surface area contributed by atoms with Crippen molar-refractivity contribution in [3.63, 3.8) is 0 Å². The molecule has 0 bridgehead atoms. The van der Waals surface area contributed by atoms with E-state index in [1.165, 1.54) is 7.11 Å². The summed E-state index contributed by atoms with van der Waals surface area (Å²) in [5, 5.41) is 9.55. The quantitative estimate of drug-likeness (QED) is 0.729. The molecule has 3 nitrogen and oxygen atoms in total. The van der Waals surface area contributed by atoms with E-state index in [2.05, 4.69) is 4.74 Å². The van der Waals surface area contributed by atoms with Gasteiger partial charge >= 0.3 is 5.97 Å². The normalized spacial score (nSPS) is 15.2. The van der Waals surface area contributed by atoms with Gasteiger partial charge in [-0.1, -0.05) is 0 Å². The van der Waals surface area contributed by atoms with Gasteiger partial charge in [0.2, 0.25) is 0 Å². The molecule has 1 N–H and O–H groups in total. The number of benzene rings is 1. The molecule has 1 fully saturated rings. The molecule has 1 aromatic carbocycles. The Labute approximate surface area is 82.3 Å². The summed E-state index contributed by atoms with van der Waals surface area (Å²) in [4.78, 5) is 11.2. The summed E-state index contributed by atoms with van der Waals surface area (Å²) in [6.07, 6.45) is 2.19. The Morgan fingerprint density at radius 1 is 1.50 bits per heavy atom. The van der Waals surface area contributed by atoms with Gasteiger partial charge in [0.25, 0.3) is 0 Å². The maximum Gasteiger partial charge on any atom is 0.337 e. The highest BCUT2D eigenvalue weighted by molar-refractivity contribution is 5.89. The maximum atomic E-state index is 11.2. The van der Waals surface area contributed by atoms with E-state index >= 15 is 0 Å². The van der Waals surface area contributed by atoms with Crippen LogP contribution >= 0.6 is 0 Å². The van der Waals surface area contributed by atoms with E-state index < -0.39 is 0 Å². The Kier molecular flexibility index (Phi) is 2.15. The number of phenols is 1. The molecule has 1 saturated carbocycles. The average molecular weight is 192 g/mol. The number of methoxy groups -OCH3 is 1. The first kappa shape index (κ1) is 9.06. The van der Waals surface area contributed by atoms with Crippen molar-refractivity contribution in [2.24, 2.45) is 0 Å². The van der Waals surface area contributed by atoms with E-state index in [0.717, 1.165) is 18.4 Å². The first-order valence-electron chi connectivity index (χ1n) is 4.63. The van der Waals surface area contributed by atoms with Crippen LogP contribution in [0, 0.1) is 0 Å². The van der Waals surface area contributed by atoms with Crippen molar-refractivity contribution >= 4 is 5.97 Å². The molecule has 0 amide bonds. The van der Waals surface area contributed by atoms with Crippen molar-refractivity contribution < 1.29 is 14.6 Å². The lowest BCUT2D eigenvalue weighted by atomic mass is 10.1. The topological polar surface area (TPSA) is 46.5 Å². The van der Waals surface area contributed by atoms with Gasteiger partial charge in [0.15, 0.2) is 0 Å². The van der Waals surface area contributed by atoms with Crippen LogP contribution in [0.1, 0.15) is 34.7 Å². The molecule has 1 aromatic rings. The van der Waals surface area contributed by atoms with Crippen LogP contribution in [0.3, 0.4) is 0 Å². The van der Waals surface area contributed by atoms with E-state index in [9.17, 15) is 9.90 Å². The van der Waals surface area contributed by atoms with Gasteiger partial charge in [-0.2, -0.15) is 0 Å². The minimum Gasteiger partial charge on any atom is -0.508 e. The summed E-state index contributed by atoms with van der Waals surface area (Å²) in [5.74, 6) is 0.353. The van der Waals surface area contributed by atoms with Gasteiger partial charge in [-0.3, -0.25) is 0 Å². The molecule has 0 atom stereocenters. The van der Waals surface area contributed by atoms with Crippen molar-refractivity contribution in [1.29, 1.82) is 0 Å². The van der Waals surface area contributed by atoms with E-state index in [4.69, 9.17) is 0 Å². The number of hydrogen-bond donors (Lipinski definition) is 1. The number of hydrogen-bond acceptors (Lipinski definition) is 3. The third-order valence-corrected chi connectivity index (χ3v) is 2.47. The minimum absolute atomic E-state index is 0.278. The third kappa shape index (κ3) is 1.58. The van der Waals surface area contributed by atoms with Crippen LogP contribution < -0.4 is 0 Å². The molecule has 74 valence electrons. The Morgan fingerprint density at radius 3 is 2.79 bits per heavy atom. The minimum atomic E-state index is -0.355. The fourth-order valence-electron chi connectivity index (χ4n) is 1.52. The van der Waals surface area contributed by atoms with Gasteiger partial charge in [-0.15, -0.1) is 0 Å². The van der Waals surface area contributed by atoms with Crippen LogP contribution in [0.25, 0.3) is 0 Å². The highest BCUT2D eigenvalue weighted by atomic mass is 16.5. The molecule has 0 spiro atoms. The van der Waals surface area contributed by atoms with Gasteiger partial charge in [-0.25, -0.2) is 4.79 Å². The SMILES string of the molecule is COC(=O)c1ccc(O)c(C2CC2)c1. The largest absolute Gasteiger partial charge is 0.508 e. The Morgan fingerprint density at radius 2 is 2.21 bits per heavy atom. The number of esters is 1. The lowest BCUT2D eigenvalue weighted by Crippen LogP contribution is -2.01. The van der Waals surface area contributed by atoms with Crippen molar-refractivity contribution in [3.8, 4) is 5.75 Å². The van der Waals surface area contributed by atoms with Crippen LogP contribution in [0.2, 0.25) is 0 Å². The predicted molar refractivity (Wildman–Crippen MR) is 51.4 cm³/mol. The molecule has 1 aliphatic carbocycles. The zero-order valence-corrected chi connectivity index (χ0v) is 7.99. The lowest BCUT2D eigenvalue weighted by molar-refractivity contribution is 0.0600. The van der Waals surface area contributed by atoms with Crippen LogP contribution in [0.5, 0.6) is 5.75 Å². The summed E-state index contributed by atoms with van der Waals surface area (Å²) < 4.78 is 4.61. The second-order valence-corrected chi connectivity index (χ2v) is 3.54. The molecule has 0 heterocycles. The standard InChI is InChI=1S/C11H12O3/c1-14-11(13)8-4-5-10(12)9(6-8)7-2-3-7/h4-7,12H,2-3H2,1H3. The monoisotopic (exact) mass is 192 g/mol. The van der Waals surface area contributed by atoms with Crippen molar-refractivity contribution in [3.05, 3.63) is 29.3 Å². The van der Waals surface area contributed by atoms with Gasteiger partial charge in [0.1, 0.15) is 5.75 Å². The van der Waals surface area contributed by atoms with Gasteiger partial charge < -0.3 is 9.84 Å². The molecule has 0 aliphatic heterocycles. The fourth-order valence-corrected chi connectivity index (χ4v) is 1.52. The Balaban J connectivity index is 2.35. The van der Waals surface area contributed by atoms with Crippen LogP contribution in [-0.4, -0.2) is 18.2 Å². The number of phenolic OH excluding ortho intramolecular Hbond substituents is 1. The summed E-state index contributed by atoms with van der Waals surface area (Å²) >= 11 is 0. The second-order valence-electron chi connectivity index (χ2n) is 3.54. The number of rotatable bonds is 2. The molecule has 0 saturated heterocycles. The van der Waals surface area contributed by atoms with Crippen LogP contribution in [-0.2, 0) is 4.74 Å². The van der Waals surface area contributed by atoms with Gasteiger partial charge in [0.05, 0.1) is 12.7 Å². The molecule has 0 aromatic heterocycles. The van der Waals surface area contributed by atoms with Crippen molar-refractivity contribution in [2.45, 2.75) is 18.8 Å². The van der Waals surface area contributed by atoms with Gasteiger partial charge in [-0.05, 0) is 42.5 Å². The Bertz CT molecular complexity index is 367. The molecule has 1 aliphatic rings. The number of carbonyl (C=O) groups is 1. The van der Waals surface area contributed by atoms with Crippen LogP contribution in [0.15, 0.2) is 18.2 Å². The zero-order chi connectivity index (χ0) is 10.1. The van der Waals surface area contributed by atoms with Crippen LogP contribution in [0.4, 0.5) is 0 Å². The van der Waals surface area contributed by atoms with E-state index in [1.807, 2.05) is 0 Å². The summed E-state index contributed by atoms with van der Waals surface area (Å²) in [6, 6.07) is 4.85. The maximum absolute atomic E-state index is 11.2. The summed E-state index contributed by atoms with van der Waals surface area (Å²) in [7, 11) is 1.35. The van der Waals surface area contributed by atoms with E-state index in [1.54, 1.807) is 18.2 Å². The smallest absolute Gasteiger partial charge is 0.337 e. The molecule has 0 radical (unpaired) electrons. The Hall–Kier alpha value is -1.51. The first-order valence-corrected chi connectivity index (χ1v) is 4.63. The summed E-state index contributed by atoms with van der Waals surface area (Å²) in [6.45, 7) is 0. The highest BCUT2D eigenvalue weighted by Gasteiger charge is 2.27. The lowest BCUT2D eigenvalue weighted by Gasteiger charge is -2.04. The highest BCUT2D eigenvalue weighted by Crippen LogP contribution is 2.44. The van der Waals surface area contributed by atoms with Crippen molar-refractivity contribution in [2.75, 3.05) is 7.11 Å². The number of ether oxygens (including phenoxy) is 1. The van der Waals surface area contributed by atoms with Crippen molar-refractivity contribution in [1.82, 2.24) is 0 Å². The molecular formula is C11H12O3. The van der Waals surface area contributed by atoms with Gasteiger partial charge in [0, 0.05) is 0 Å². The molecule has 2 rings (SSSR count). The zero-order valence-electron chi connectivity index (χ0n) is 7.99. The average Bonchev–Trinajstić information content (AvgIpc) is 3.01. The molecule has 3 heteroatoms. The third-order valence-electron chi connectivity index (χ3n) is 2.47. The first-order chi connectivity index (χ1) is 6.72. The number of aromatic hydroxyl groups is 1. The molecule has 0 unspecified atom stereocenters. The van der Waals surface area contributed by atoms with E-state index in [0.29, 0.717) is 11.5 Å². The fraction of sp³-hybridized carbons (Fsp3) is 0.364. The number of carbonyl (C=O) groups excluding carboxylic acids is 1. The summed E-state index contributed by atoms with van der Waals surface area (Å²) in [5.41, 5.74) is 1.38. The van der Waals surface area contributed by atoms with E-state index in [-0.39, 0.29) is 11.7 Å². The second kappa shape index (κ2) is 3.33. The molecular weight excluding hydrogens is 180 g/mol. The predicted octanol–water partition coefficient (Wildman–Crippen LogP) is 2.06.